The number of fused-ring (bicyclic) bond motifs is 1. The van der Waals surface area contributed by atoms with Crippen LogP contribution >= 0.6 is 0 Å². The van der Waals surface area contributed by atoms with Crippen molar-refractivity contribution < 1.29 is 22.7 Å². The van der Waals surface area contributed by atoms with E-state index in [1.165, 1.54) is 0 Å². The lowest BCUT2D eigenvalue weighted by molar-refractivity contribution is -0.140. The first-order valence-electron chi connectivity index (χ1n) is 5.35. The lowest BCUT2D eigenvalue weighted by Crippen LogP contribution is -2.06. The first kappa shape index (κ1) is 14.0. The van der Waals surface area contributed by atoms with Crippen molar-refractivity contribution in [2.24, 2.45) is 5.18 Å². The van der Waals surface area contributed by atoms with Crippen LogP contribution in [0.2, 0.25) is 0 Å². The number of imidazole rings is 1. The molecule has 0 saturated heterocycles. The molecule has 0 atom stereocenters. The Hall–Kier alpha value is -2.45. The monoisotopic (exact) mass is 287 g/mol. The Morgan fingerprint density at radius 3 is 2.70 bits per heavy atom. The maximum atomic E-state index is 12.6. The SMILES string of the molecule is COC(=O)Cc1nc2ccc(C(F)(F)F)cn2c1N=O. The van der Waals surface area contributed by atoms with Crippen LogP contribution in [0.15, 0.2) is 23.5 Å². The zero-order valence-corrected chi connectivity index (χ0v) is 10.1. The number of aromatic nitrogens is 2. The number of halogens is 3. The maximum Gasteiger partial charge on any atom is 0.417 e. The minimum atomic E-state index is -4.55. The standard InChI is InChI=1S/C11H8F3N3O3/c1-20-9(18)4-7-10(16-19)17-5-6(11(12,13)14)2-3-8(17)15-7/h2-3,5H,4H2,1H3. The zero-order chi connectivity index (χ0) is 14.9. The number of rotatable bonds is 3. The second-order valence-electron chi connectivity index (χ2n) is 3.87. The molecule has 2 heterocycles. The summed E-state index contributed by atoms with van der Waals surface area (Å²) in [5, 5.41) is 2.64. The molecule has 2 rings (SSSR count). The van der Waals surface area contributed by atoms with Gasteiger partial charge in [-0.1, -0.05) is 0 Å². The number of esters is 1. The molecule has 0 bridgehead atoms. The van der Waals surface area contributed by atoms with Gasteiger partial charge in [0, 0.05) is 6.20 Å². The normalized spacial score (nSPS) is 11.6. The summed E-state index contributed by atoms with van der Waals surface area (Å²) in [6, 6.07) is 1.93. The summed E-state index contributed by atoms with van der Waals surface area (Å²) in [5.74, 6) is -1.02. The highest BCUT2D eigenvalue weighted by Gasteiger charge is 2.31. The van der Waals surface area contributed by atoms with E-state index in [0.717, 1.165) is 23.6 Å². The summed E-state index contributed by atoms with van der Waals surface area (Å²) in [6.07, 6.45) is -4.19. The molecule has 2 aromatic heterocycles. The molecule has 0 aliphatic carbocycles. The molecule has 2 aromatic rings. The van der Waals surface area contributed by atoms with E-state index in [1.54, 1.807) is 0 Å². The summed E-state index contributed by atoms with van der Waals surface area (Å²) in [7, 11) is 1.15. The third kappa shape index (κ3) is 2.46. The fraction of sp³-hybridized carbons (Fsp3) is 0.273. The molecular weight excluding hydrogens is 279 g/mol. The molecule has 6 nitrogen and oxygen atoms in total. The van der Waals surface area contributed by atoms with E-state index in [4.69, 9.17) is 0 Å². The summed E-state index contributed by atoms with van der Waals surface area (Å²) in [5.41, 5.74) is -0.894. The van der Waals surface area contributed by atoms with E-state index in [2.05, 4.69) is 14.9 Å². The van der Waals surface area contributed by atoms with Gasteiger partial charge in [0.15, 0.2) is 0 Å². The topological polar surface area (TPSA) is 73.0 Å². The first-order valence-corrected chi connectivity index (χ1v) is 5.35. The molecule has 0 aromatic carbocycles. The lowest BCUT2D eigenvalue weighted by atomic mass is 10.3. The highest BCUT2D eigenvalue weighted by molar-refractivity contribution is 5.74. The van der Waals surface area contributed by atoms with Crippen LogP contribution in [0.25, 0.3) is 5.65 Å². The number of hydrogen-bond acceptors (Lipinski definition) is 5. The molecule has 0 saturated carbocycles. The Morgan fingerprint density at radius 2 is 2.15 bits per heavy atom. The third-order valence-electron chi connectivity index (χ3n) is 2.62. The van der Waals surface area contributed by atoms with E-state index in [1.807, 2.05) is 0 Å². The molecule has 20 heavy (non-hydrogen) atoms. The Kier molecular flexibility index (Phi) is 3.43. The number of methoxy groups -OCH3 is 1. The van der Waals surface area contributed by atoms with Gasteiger partial charge in [0.05, 0.1) is 19.1 Å². The molecule has 0 unspecified atom stereocenters. The van der Waals surface area contributed by atoms with E-state index in [-0.39, 0.29) is 23.6 Å². The molecule has 0 radical (unpaired) electrons. The molecule has 0 spiro atoms. The highest BCUT2D eigenvalue weighted by atomic mass is 19.4. The van der Waals surface area contributed by atoms with Gasteiger partial charge in [-0.25, -0.2) is 4.98 Å². The van der Waals surface area contributed by atoms with Crippen molar-refractivity contribution in [1.29, 1.82) is 0 Å². The number of nitrogens with zero attached hydrogens (tertiary/aromatic N) is 3. The predicted octanol–water partition coefficient (Wildman–Crippen LogP) is 2.47. The van der Waals surface area contributed by atoms with Crippen LogP contribution in [0.1, 0.15) is 11.3 Å². The van der Waals surface area contributed by atoms with Crippen molar-refractivity contribution in [1.82, 2.24) is 9.38 Å². The predicted molar refractivity (Wildman–Crippen MR) is 61.4 cm³/mol. The van der Waals surface area contributed by atoms with Crippen molar-refractivity contribution in [3.63, 3.8) is 0 Å². The molecule has 0 aliphatic heterocycles. The number of pyridine rings is 1. The Morgan fingerprint density at radius 1 is 1.45 bits per heavy atom. The highest BCUT2D eigenvalue weighted by Crippen LogP contribution is 2.31. The van der Waals surface area contributed by atoms with Crippen molar-refractivity contribution in [2.75, 3.05) is 7.11 Å². The minimum absolute atomic E-state index is 0.0359. The van der Waals surface area contributed by atoms with Crippen LogP contribution in [0.5, 0.6) is 0 Å². The van der Waals surface area contributed by atoms with Gasteiger partial charge >= 0.3 is 12.1 Å². The summed E-state index contributed by atoms with van der Waals surface area (Å²) >= 11 is 0. The molecular formula is C11H8F3N3O3. The van der Waals surface area contributed by atoms with Gasteiger partial charge in [-0.3, -0.25) is 9.20 Å². The first-order chi connectivity index (χ1) is 9.36. The van der Waals surface area contributed by atoms with E-state index in [0.29, 0.717) is 6.20 Å². The van der Waals surface area contributed by atoms with Gasteiger partial charge in [0.2, 0.25) is 5.82 Å². The number of alkyl halides is 3. The van der Waals surface area contributed by atoms with Gasteiger partial charge < -0.3 is 4.74 Å². The van der Waals surface area contributed by atoms with Crippen LogP contribution < -0.4 is 0 Å². The number of carbonyl (C=O) groups is 1. The van der Waals surface area contributed by atoms with Crippen molar-refractivity contribution in [2.45, 2.75) is 12.6 Å². The van der Waals surface area contributed by atoms with Gasteiger partial charge in [0.1, 0.15) is 11.3 Å². The molecule has 9 heteroatoms. The van der Waals surface area contributed by atoms with Crippen LogP contribution in [0.3, 0.4) is 0 Å². The van der Waals surface area contributed by atoms with Crippen LogP contribution in [-0.4, -0.2) is 22.5 Å². The second-order valence-corrected chi connectivity index (χ2v) is 3.87. The average Bonchev–Trinajstić information content (AvgIpc) is 2.73. The zero-order valence-electron chi connectivity index (χ0n) is 10.1. The second kappa shape index (κ2) is 4.91. The molecule has 106 valence electrons. The fourth-order valence-electron chi connectivity index (χ4n) is 1.67. The molecule has 0 amide bonds. The summed E-state index contributed by atoms with van der Waals surface area (Å²) in [4.78, 5) is 25.8. The number of hydrogen-bond donors (Lipinski definition) is 0. The molecule has 0 fully saturated rings. The lowest BCUT2D eigenvalue weighted by Gasteiger charge is -2.06. The van der Waals surface area contributed by atoms with Gasteiger partial charge in [-0.15, -0.1) is 4.91 Å². The molecule has 0 aliphatic rings. The minimum Gasteiger partial charge on any atom is -0.469 e. The Labute approximate surface area is 110 Å². The number of ether oxygens (including phenoxy) is 1. The van der Waals surface area contributed by atoms with Crippen molar-refractivity contribution >= 4 is 17.4 Å². The van der Waals surface area contributed by atoms with Crippen LogP contribution in [-0.2, 0) is 22.1 Å². The van der Waals surface area contributed by atoms with Crippen molar-refractivity contribution in [3.8, 4) is 0 Å². The van der Waals surface area contributed by atoms with Crippen LogP contribution in [0, 0.1) is 4.91 Å². The number of carbonyl (C=O) groups excluding carboxylic acids is 1. The smallest absolute Gasteiger partial charge is 0.417 e. The average molecular weight is 287 g/mol. The Bertz CT molecular complexity index is 679. The summed E-state index contributed by atoms with van der Waals surface area (Å²) < 4.78 is 43.1. The van der Waals surface area contributed by atoms with E-state index < -0.39 is 17.7 Å². The summed E-state index contributed by atoms with van der Waals surface area (Å²) in [6.45, 7) is 0. The quantitative estimate of drug-likeness (QED) is 0.642. The van der Waals surface area contributed by atoms with Crippen molar-refractivity contribution in [3.05, 3.63) is 34.5 Å². The maximum absolute atomic E-state index is 12.6. The van der Waals surface area contributed by atoms with E-state index in [9.17, 15) is 22.9 Å². The third-order valence-corrected chi connectivity index (χ3v) is 2.62. The molecule has 0 N–H and O–H groups in total. The largest absolute Gasteiger partial charge is 0.469 e. The fourth-order valence-corrected chi connectivity index (χ4v) is 1.67. The van der Waals surface area contributed by atoms with Gasteiger partial charge in [0.25, 0.3) is 0 Å². The van der Waals surface area contributed by atoms with E-state index >= 15 is 0 Å². The van der Waals surface area contributed by atoms with Gasteiger partial charge in [-0.05, 0) is 17.3 Å². The van der Waals surface area contributed by atoms with Gasteiger partial charge in [-0.2, -0.15) is 13.2 Å². The number of nitroso groups, excluding NO2 is 1. The Balaban J connectivity index is 2.58. The van der Waals surface area contributed by atoms with Crippen LogP contribution in [0.4, 0.5) is 19.0 Å².